The van der Waals surface area contributed by atoms with Crippen LogP contribution in [0, 0.1) is 5.92 Å². The minimum Gasteiger partial charge on any atom is -0.469 e. The number of nitrogens with zero attached hydrogens (tertiary/aromatic N) is 3. The van der Waals surface area contributed by atoms with Crippen LogP contribution < -0.4 is 5.32 Å². The van der Waals surface area contributed by atoms with Gasteiger partial charge in [-0.2, -0.15) is 0 Å². The van der Waals surface area contributed by atoms with Gasteiger partial charge in [-0.25, -0.2) is 0 Å². The minimum atomic E-state index is -0.694. The van der Waals surface area contributed by atoms with Gasteiger partial charge in [0.2, 0.25) is 0 Å². The number of thiocarbonyl (C=S) groups is 1. The highest BCUT2D eigenvalue weighted by molar-refractivity contribution is 7.80. The van der Waals surface area contributed by atoms with Gasteiger partial charge in [0.25, 0.3) is 0 Å². The molecule has 0 radical (unpaired) electrons. The number of hydrogen-bond acceptors (Lipinski definition) is 6. The molecule has 1 aliphatic heterocycles. The Balaban J connectivity index is 1.40. The van der Waals surface area contributed by atoms with Gasteiger partial charge in [-0.1, -0.05) is 0 Å². The van der Waals surface area contributed by atoms with Crippen LogP contribution in [0.25, 0.3) is 0 Å². The quantitative estimate of drug-likeness (QED) is 0.437. The van der Waals surface area contributed by atoms with E-state index < -0.39 is 5.92 Å². The predicted octanol–water partition coefficient (Wildman–Crippen LogP) is 1.49. The number of rotatable bonds is 6. The molecule has 1 saturated carbocycles. The Morgan fingerprint density at radius 3 is 2.61 bits per heavy atom. The zero-order valence-corrected chi connectivity index (χ0v) is 17.1. The Bertz CT molecular complexity index is 693. The van der Waals surface area contributed by atoms with Gasteiger partial charge in [-0.05, 0) is 31.3 Å². The van der Waals surface area contributed by atoms with Gasteiger partial charge in [0, 0.05) is 64.2 Å². The average Bonchev–Trinajstić information content (AvgIpc) is 3.22. The van der Waals surface area contributed by atoms with E-state index in [1.807, 2.05) is 13.0 Å². The van der Waals surface area contributed by atoms with Crippen molar-refractivity contribution in [2.75, 3.05) is 45.8 Å². The molecule has 1 aromatic heterocycles. The molecule has 1 aromatic rings. The van der Waals surface area contributed by atoms with E-state index >= 15 is 0 Å². The number of Topliss-reactive ketones (excluding diaryl/α,β-unsaturated/α-hetero) is 2. The molecule has 2 heterocycles. The van der Waals surface area contributed by atoms with Crippen molar-refractivity contribution in [1.29, 1.82) is 0 Å². The maximum absolute atomic E-state index is 12.4. The number of hydrogen-bond donors (Lipinski definition) is 1. The molecule has 2 aliphatic rings. The van der Waals surface area contributed by atoms with E-state index in [0.29, 0.717) is 25.1 Å². The fourth-order valence-corrected chi connectivity index (χ4v) is 4.03. The summed E-state index contributed by atoms with van der Waals surface area (Å²) in [7, 11) is 0. The van der Waals surface area contributed by atoms with Crippen LogP contribution >= 0.6 is 12.2 Å². The third kappa shape index (κ3) is 5.26. The molecule has 0 bridgehead atoms. The normalized spacial score (nSPS) is 24.1. The van der Waals surface area contributed by atoms with Crippen LogP contribution in [0.4, 0.5) is 0 Å². The summed E-state index contributed by atoms with van der Waals surface area (Å²) < 4.78 is 5.35. The molecule has 28 heavy (non-hydrogen) atoms. The van der Waals surface area contributed by atoms with Crippen molar-refractivity contribution in [3.05, 3.63) is 24.2 Å². The molecule has 1 N–H and O–H groups in total. The molecule has 152 valence electrons. The number of carbonyl (C=O) groups is 2. The zero-order chi connectivity index (χ0) is 19.9. The van der Waals surface area contributed by atoms with Gasteiger partial charge in [-0.15, -0.1) is 0 Å². The molecule has 8 heteroatoms. The molecule has 0 atom stereocenters. The highest BCUT2D eigenvalue weighted by Gasteiger charge is 2.36. The molecule has 0 unspecified atom stereocenters. The van der Waals surface area contributed by atoms with Crippen LogP contribution in [-0.4, -0.2) is 78.5 Å². The third-order valence-electron chi connectivity index (χ3n) is 5.32. The maximum Gasteiger partial charge on any atom is 0.169 e. The fourth-order valence-electron chi connectivity index (χ4n) is 3.70. The lowest BCUT2D eigenvalue weighted by Crippen LogP contribution is -2.52. The summed E-state index contributed by atoms with van der Waals surface area (Å²) in [6.07, 6.45) is 3.80. The summed E-state index contributed by atoms with van der Waals surface area (Å²) >= 11 is 5.35. The van der Waals surface area contributed by atoms with Gasteiger partial charge >= 0.3 is 0 Å². The second-order valence-electron chi connectivity index (χ2n) is 7.25. The summed E-state index contributed by atoms with van der Waals surface area (Å²) in [4.78, 5) is 33.6. The summed E-state index contributed by atoms with van der Waals surface area (Å²) in [5.74, 6) is -0.242. The first-order chi connectivity index (χ1) is 13.6. The van der Waals surface area contributed by atoms with E-state index in [2.05, 4.69) is 20.1 Å². The topological polar surface area (TPSA) is 78.2 Å². The van der Waals surface area contributed by atoms with Gasteiger partial charge < -0.3 is 14.6 Å². The Morgan fingerprint density at radius 2 is 2.00 bits per heavy atom. The summed E-state index contributed by atoms with van der Waals surface area (Å²) in [6, 6.07) is 3.61. The van der Waals surface area contributed by atoms with E-state index in [-0.39, 0.29) is 17.5 Å². The van der Waals surface area contributed by atoms with Gasteiger partial charge in [0.1, 0.15) is 23.2 Å². The highest BCUT2D eigenvalue weighted by atomic mass is 32.1. The third-order valence-corrected chi connectivity index (χ3v) is 5.72. The number of carbonyl (C=O) groups excluding carboxylic acids is 2. The number of aliphatic imine (C=N–C) groups is 1. The van der Waals surface area contributed by atoms with Crippen molar-refractivity contribution in [2.45, 2.75) is 25.7 Å². The lowest BCUT2D eigenvalue weighted by atomic mass is 9.79. The molecule has 0 spiro atoms. The number of ketones is 2. The second-order valence-corrected chi connectivity index (χ2v) is 7.64. The van der Waals surface area contributed by atoms with Gasteiger partial charge in [0.05, 0.1) is 12.8 Å². The van der Waals surface area contributed by atoms with Gasteiger partial charge in [-0.3, -0.25) is 19.5 Å². The second kappa shape index (κ2) is 9.93. The van der Waals surface area contributed by atoms with Crippen LogP contribution in [0.2, 0.25) is 0 Å². The van der Waals surface area contributed by atoms with Crippen LogP contribution in [0.5, 0.6) is 0 Å². The van der Waals surface area contributed by atoms with Crippen molar-refractivity contribution >= 4 is 35.1 Å². The number of nitrogens with one attached hydrogen (secondary N) is 1. The summed E-state index contributed by atoms with van der Waals surface area (Å²) in [5, 5.41) is 4.01. The van der Waals surface area contributed by atoms with Crippen LogP contribution in [0.3, 0.4) is 0 Å². The molecule has 3 rings (SSSR count). The molecule has 1 aliphatic carbocycles. The van der Waals surface area contributed by atoms with Gasteiger partial charge in [0.15, 0.2) is 5.11 Å². The number of furan rings is 1. The first-order valence-electron chi connectivity index (χ1n) is 9.92. The average molecular weight is 405 g/mol. The zero-order valence-electron chi connectivity index (χ0n) is 16.3. The Kier molecular flexibility index (Phi) is 7.33. The first-order valence-corrected chi connectivity index (χ1v) is 10.3. The van der Waals surface area contributed by atoms with Crippen LogP contribution in [0.1, 0.15) is 31.4 Å². The Morgan fingerprint density at radius 1 is 1.29 bits per heavy atom. The maximum atomic E-state index is 12.4. The van der Waals surface area contributed by atoms with E-state index in [4.69, 9.17) is 16.6 Å². The largest absolute Gasteiger partial charge is 0.469 e. The minimum absolute atomic E-state index is 0.0630. The lowest BCUT2D eigenvalue weighted by Gasteiger charge is -2.35. The van der Waals surface area contributed by atoms with E-state index in [9.17, 15) is 9.59 Å². The van der Waals surface area contributed by atoms with Crippen molar-refractivity contribution in [3.63, 3.8) is 0 Å². The molecule has 2 fully saturated rings. The van der Waals surface area contributed by atoms with E-state index in [0.717, 1.165) is 44.4 Å². The standard InChI is InChI=1S/C20H28N4O3S/c1-2-22-20(28)24-9-7-23(8-10-24)6-5-21-14-16-17(25)12-15(13-18(16)26)19-4-3-11-27-19/h3-4,11,14-16H,2,5-10,12-13H2,1H3,(H,22,28). The van der Waals surface area contributed by atoms with Crippen molar-refractivity contribution in [3.8, 4) is 0 Å². The molecule has 0 amide bonds. The fraction of sp³-hybridized carbons (Fsp3) is 0.600. The molecule has 7 nitrogen and oxygen atoms in total. The Hall–Kier alpha value is -2.06. The number of piperazine rings is 1. The molecule has 1 saturated heterocycles. The SMILES string of the molecule is CCNC(=S)N1CCN(CCN=CC2C(=O)CC(c3ccco3)CC2=O)CC1. The predicted molar refractivity (Wildman–Crippen MR) is 112 cm³/mol. The molecular weight excluding hydrogens is 376 g/mol. The van der Waals surface area contributed by atoms with E-state index in [1.165, 1.54) is 0 Å². The Labute approximate surface area is 171 Å². The summed E-state index contributed by atoms with van der Waals surface area (Å²) in [6.45, 7) is 7.99. The lowest BCUT2D eigenvalue weighted by molar-refractivity contribution is -0.133. The molecule has 0 aromatic carbocycles. The van der Waals surface area contributed by atoms with Crippen molar-refractivity contribution in [1.82, 2.24) is 15.1 Å². The van der Waals surface area contributed by atoms with Crippen LogP contribution in [-0.2, 0) is 9.59 Å². The van der Waals surface area contributed by atoms with Crippen molar-refractivity contribution < 1.29 is 14.0 Å². The highest BCUT2D eigenvalue weighted by Crippen LogP contribution is 2.31. The monoisotopic (exact) mass is 404 g/mol. The summed E-state index contributed by atoms with van der Waals surface area (Å²) in [5.41, 5.74) is 0. The van der Waals surface area contributed by atoms with E-state index in [1.54, 1.807) is 18.5 Å². The van der Waals surface area contributed by atoms with Crippen molar-refractivity contribution in [2.24, 2.45) is 10.9 Å². The smallest absolute Gasteiger partial charge is 0.169 e. The molecular formula is C20H28N4O3S. The van der Waals surface area contributed by atoms with Crippen LogP contribution in [0.15, 0.2) is 27.8 Å². The first kappa shape index (κ1) is 20.7.